The first-order valence-corrected chi connectivity index (χ1v) is 21.7. The molecule has 304 valence electrons. The van der Waals surface area contributed by atoms with Crippen molar-refractivity contribution >= 4 is 70.9 Å². The zero-order valence-electron chi connectivity index (χ0n) is 40.2. The molecule has 62 heavy (non-hydrogen) atoms. The molecule has 0 N–H and O–H groups in total. The van der Waals surface area contributed by atoms with Crippen molar-refractivity contribution in [2.75, 3.05) is 0 Å². The van der Waals surface area contributed by atoms with Crippen LogP contribution in [-0.4, -0.2) is 23.1 Å². The molecule has 0 atom stereocenters. The van der Waals surface area contributed by atoms with E-state index in [4.69, 9.17) is 17.9 Å². The summed E-state index contributed by atoms with van der Waals surface area (Å²) in [6, 6.07) is 51.3. The summed E-state index contributed by atoms with van der Waals surface area (Å²) in [5.41, 5.74) is 10.1. The predicted molar refractivity (Wildman–Crippen MR) is 250 cm³/mol. The third-order valence-electron chi connectivity index (χ3n) is 12.4. The maximum absolute atomic E-state index is 8.83. The number of imidazole rings is 1. The molecule has 0 saturated carbocycles. The molecule has 0 aliphatic rings. The number of nitrogens with zero attached hydrogens (tertiary/aromatic N) is 5. The molecule has 0 aliphatic carbocycles. The molecule has 0 unspecified atom stereocenters. The van der Waals surface area contributed by atoms with Crippen LogP contribution in [0.5, 0.6) is 11.5 Å². The van der Waals surface area contributed by atoms with Gasteiger partial charge in [-0.3, -0.25) is 0 Å². The molecule has 0 amide bonds. The zero-order chi connectivity index (χ0) is 47.2. The molecule has 12 aromatic rings. The van der Waals surface area contributed by atoms with E-state index in [9.17, 15) is 0 Å². The molecule has 0 aliphatic heterocycles. The van der Waals surface area contributed by atoms with E-state index in [0.29, 0.717) is 43.4 Å². The van der Waals surface area contributed by atoms with E-state index in [2.05, 4.69) is 123 Å². The van der Waals surface area contributed by atoms with Crippen LogP contribution in [0.1, 0.15) is 45.7 Å². The average molecular weight is 989 g/mol. The number of benzene rings is 7. The van der Waals surface area contributed by atoms with Crippen LogP contribution < -0.4 is 4.74 Å². The Morgan fingerprint density at radius 1 is 0.645 bits per heavy atom. The van der Waals surface area contributed by atoms with Crippen LogP contribution in [-0.2, 0) is 31.7 Å². The van der Waals surface area contributed by atoms with Gasteiger partial charge in [-0.2, -0.15) is 0 Å². The van der Waals surface area contributed by atoms with Crippen molar-refractivity contribution in [2.24, 2.45) is 6.98 Å². The summed E-state index contributed by atoms with van der Waals surface area (Å²) in [4.78, 5) is 5.07. The van der Waals surface area contributed by atoms with Gasteiger partial charge < -0.3 is 4.40 Å². The normalized spacial score (nSPS) is 14.3. The summed E-state index contributed by atoms with van der Waals surface area (Å²) in [5.74, 6) is 1.28. The third-order valence-corrected chi connectivity index (χ3v) is 13.4. The molecule has 5 aromatic heterocycles. The summed E-state index contributed by atoms with van der Waals surface area (Å²) in [5, 5.41) is 6.44. The van der Waals surface area contributed by atoms with Crippen molar-refractivity contribution < 1.29 is 32.3 Å². The average Bonchev–Trinajstić information content (AvgIpc) is 4.01. The Morgan fingerprint density at radius 3 is 2.18 bits per heavy atom. The fraction of sp³-hybridized carbons (Fsp3) is 0.127. The van der Waals surface area contributed by atoms with Crippen molar-refractivity contribution in [2.45, 2.75) is 40.0 Å². The fourth-order valence-corrected chi connectivity index (χ4v) is 10.1. The molecular weight excluding hydrogens is 942 g/mol. The number of aromatic nitrogens is 5. The topological polar surface area (TPSA) is 41.3 Å². The van der Waals surface area contributed by atoms with Gasteiger partial charge in [-0.05, 0) is 35.0 Å². The Bertz CT molecular complexity index is 4110. The second-order valence-electron chi connectivity index (χ2n) is 17.1. The molecule has 6 nitrogen and oxygen atoms in total. The zero-order valence-corrected chi connectivity index (χ0v) is 36.5. The van der Waals surface area contributed by atoms with Gasteiger partial charge >= 0.3 is 205 Å². The van der Waals surface area contributed by atoms with Gasteiger partial charge in [0.15, 0.2) is 0 Å². The molecule has 12 rings (SSSR count). The number of ether oxygens (including phenoxy) is 1. The first-order chi connectivity index (χ1) is 32.5. The molecule has 7 aromatic carbocycles. The number of pyridine rings is 1. The van der Waals surface area contributed by atoms with E-state index in [0.717, 1.165) is 65.8 Å². The summed E-state index contributed by atoms with van der Waals surface area (Å²) >= 11 is 2.06. The van der Waals surface area contributed by atoms with E-state index in [1.54, 1.807) is 18.3 Å². The number of para-hydroxylation sites is 4. The summed E-state index contributed by atoms with van der Waals surface area (Å²) in [6.45, 7) is 3.53. The quantitative estimate of drug-likeness (QED) is 0.161. The van der Waals surface area contributed by atoms with Crippen molar-refractivity contribution in [3.63, 3.8) is 0 Å². The fourth-order valence-electron chi connectivity index (χ4n) is 9.32. The van der Waals surface area contributed by atoms with E-state index in [-0.39, 0.29) is 11.0 Å². The van der Waals surface area contributed by atoms with E-state index >= 15 is 0 Å². The van der Waals surface area contributed by atoms with Gasteiger partial charge in [0.05, 0.1) is 16.6 Å². The smallest absolute Gasteiger partial charge is 0.0579 e. The maximum atomic E-state index is 8.83. The van der Waals surface area contributed by atoms with Crippen LogP contribution in [0.15, 0.2) is 140 Å². The number of hydrogen-bond acceptors (Lipinski definition) is 2. The minimum Gasteiger partial charge on any atom is -0.0579 e. The van der Waals surface area contributed by atoms with Gasteiger partial charge in [-0.25, -0.2) is 0 Å². The molecule has 0 saturated heterocycles. The van der Waals surface area contributed by atoms with Crippen molar-refractivity contribution in [3.8, 4) is 34.1 Å². The van der Waals surface area contributed by atoms with E-state index < -0.39 is 13.8 Å². The van der Waals surface area contributed by atoms with Crippen LogP contribution in [0.2, 0.25) is 0 Å². The van der Waals surface area contributed by atoms with E-state index in [1.165, 1.54) is 15.3 Å². The first kappa shape index (κ1) is 31.1. The SMILES string of the molecule is [2H]C([2H])([2H])c1cc(-n2c3[c-]c(Oc4[c-]c(-n5[c](=[Pt])n(C([2H])([2H])[2H])c6ccccc65)ccc4C)ccc3c3cc4c5cccc6c7ccccc7n(c4cc32)c65)ncc1-c1ccc(C(C)(C)C)cc1. The Kier molecular flexibility index (Phi) is 6.72. The Balaban J connectivity index is 1.08. The van der Waals surface area contributed by atoms with Gasteiger partial charge in [-0.1, -0.05) is 81.4 Å². The van der Waals surface area contributed by atoms with Gasteiger partial charge in [0, 0.05) is 37.4 Å². The minimum absolute atomic E-state index is 0.0658. The Morgan fingerprint density at radius 2 is 1.39 bits per heavy atom. The van der Waals surface area contributed by atoms with Crippen molar-refractivity contribution in [1.29, 1.82) is 0 Å². The molecule has 0 spiro atoms. The third kappa shape index (κ3) is 5.39. The summed E-state index contributed by atoms with van der Waals surface area (Å²) in [6.07, 6.45) is 1.68. The van der Waals surface area contributed by atoms with Gasteiger partial charge in [0.1, 0.15) is 0 Å². The second-order valence-corrected chi connectivity index (χ2v) is 18.2. The molecule has 0 fully saturated rings. The number of aryl methyl sites for hydroxylation is 3. The van der Waals surface area contributed by atoms with Gasteiger partial charge in [0.2, 0.25) is 0 Å². The van der Waals surface area contributed by atoms with Crippen LogP contribution in [0, 0.1) is 29.7 Å². The van der Waals surface area contributed by atoms with Crippen molar-refractivity contribution in [3.05, 3.63) is 172 Å². The summed E-state index contributed by atoms with van der Waals surface area (Å²) < 4.78 is 66.2. The number of rotatable bonds is 5. The Labute approximate surface area is 378 Å². The van der Waals surface area contributed by atoms with E-state index in [1.807, 2.05) is 70.7 Å². The first-order valence-electron chi connectivity index (χ1n) is 23.5. The molecule has 0 bridgehead atoms. The standard InChI is InChI=1S/C55H41N5O.Pt/c1-33-18-23-37(58-32-57(6)47-16-9-10-17-48(47)58)27-52(33)61-38-24-25-40-43-29-44-42-14-11-13-41-39-12-7-8-15-46(39)60(54(41)42)51(44)30-50(43)59(49(40)28-38)53-26-34(2)45(31-56-53)35-19-21-36(22-20-35)55(3,4)5;/h7-26,29-31H,1-6H3;/q-2;/i2D3,6D3;. The second kappa shape index (κ2) is 13.4. The molecule has 5 heterocycles. The van der Waals surface area contributed by atoms with Crippen LogP contribution in [0.3, 0.4) is 0 Å². The predicted octanol–water partition coefficient (Wildman–Crippen LogP) is 13.7. The molecular formula is C55H41N5OPt-2. The van der Waals surface area contributed by atoms with Crippen LogP contribution in [0.25, 0.3) is 93.6 Å². The van der Waals surface area contributed by atoms with Crippen LogP contribution in [0.4, 0.5) is 0 Å². The minimum atomic E-state index is -2.46. The van der Waals surface area contributed by atoms with Crippen LogP contribution >= 0.6 is 0 Å². The Hall–Kier alpha value is -6.75. The number of hydrogen-bond donors (Lipinski definition) is 0. The monoisotopic (exact) mass is 988 g/mol. The van der Waals surface area contributed by atoms with Gasteiger partial charge in [-0.15, -0.1) is 0 Å². The van der Waals surface area contributed by atoms with Crippen molar-refractivity contribution in [1.82, 2.24) is 23.1 Å². The molecule has 7 heteroatoms. The number of fused-ring (bicyclic) bond motifs is 10. The van der Waals surface area contributed by atoms with Gasteiger partial charge in [0.25, 0.3) is 0 Å². The summed E-state index contributed by atoms with van der Waals surface area (Å²) in [7, 11) is 0. The molecule has 0 radical (unpaired) electrons.